The van der Waals surface area contributed by atoms with E-state index in [1.54, 1.807) is 22.1 Å². The summed E-state index contributed by atoms with van der Waals surface area (Å²) in [7, 11) is 0. The minimum Gasteiger partial charge on any atom is -0.358 e. The largest absolute Gasteiger partial charge is 0.358 e. The van der Waals surface area contributed by atoms with Crippen LogP contribution in [0, 0.1) is 5.92 Å². The van der Waals surface area contributed by atoms with Gasteiger partial charge in [0.25, 0.3) is 5.56 Å². The van der Waals surface area contributed by atoms with Crippen molar-refractivity contribution in [2.24, 2.45) is 5.92 Å². The smallest absolute Gasteiger partial charge is 0.294 e. The maximum absolute atomic E-state index is 13.4. The number of fused-ring (bicyclic) bond motifs is 2. The Morgan fingerprint density at radius 2 is 2.06 bits per heavy atom. The number of nitrogens with zero attached hydrogens (tertiary/aromatic N) is 2. The highest BCUT2D eigenvalue weighted by molar-refractivity contribution is 7.12. The fourth-order valence-corrected chi connectivity index (χ4v) is 6.11. The number of hydrogen-bond acceptors (Lipinski definition) is 6. The Labute approximate surface area is 196 Å². The summed E-state index contributed by atoms with van der Waals surface area (Å²) < 4.78 is 1.65. The number of benzene rings is 1. The van der Waals surface area contributed by atoms with Gasteiger partial charge in [-0.2, -0.15) is 0 Å². The third-order valence-corrected chi connectivity index (χ3v) is 8.07. The van der Waals surface area contributed by atoms with Gasteiger partial charge in [-0.3, -0.25) is 14.2 Å². The zero-order valence-electron chi connectivity index (χ0n) is 18.3. The Morgan fingerprint density at radius 1 is 1.21 bits per heavy atom. The summed E-state index contributed by atoms with van der Waals surface area (Å²) in [4.78, 5) is 33.4. The number of rotatable bonds is 7. The molecule has 1 aromatic carbocycles. The lowest BCUT2D eigenvalue weighted by Gasteiger charge is -2.20. The number of hydrogen-bond donors (Lipinski definition) is 3. The van der Waals surface area contributed by atoms with Crippen molar-refractivity contribution < 1.29 is 4.79 Å². The maximum atomic E-state index is 13.4. The molecule has 0 spiro atoms. The van der Waals surface area contributed by atoms with E-state index in [1.165, 1.54) is 16.0 Å². The van der Waals surface area contributed by atoms with Crippen molar-refractivity contribution in [2.75, 3.05) is 5.32 Å². The molecule has 4 heterocycles. The Morgan fingerprint density at radius 3 is 2.85 bits per heavy atom. The predicted octanol–water partition coefficient (Wildman–Crippen LogP) is 3.27. The van der Waals surface area contributed by atoms with Crippen LogP contribution in [0.4, 0.5) is 5.82 Å². The van der Waals surface area contributed by atoms with Crippen molar-refractivity contribution in [2.45, 2.75) is 57.4 Å². The average molecular weight is 462 g/mol. The third kappa shape index (κ3) is 3.98. The normalized spacial score (nSPS) is 19.7. The van der Waals surface area contributed by atoms with Gasteiger partial charge in [-0.1, -0.05) is 30.3 Å². The van der Waals surface area contributed by atoms with Crippen molar-refractivity contribution in [3.63, 3.8) is 0 Å². The van der Waals surface area contributed by atoms with Crippen LogP contribution in [-0.2, 0) is 30.8 Å². The van der Waals surface area contributed by atoms with Gasteiger partial charge in [0.05, 0.1) is 12.6 Å². The van der Waals surface area contributed by atoms with Crippen molar-refractivity contribution in [3.05, 3.63) is 79.5 Å². The predicted molar refractivity (Wildman–Crippen MR) is 128 cm³/mol. The summed E-state index contributed by atoms with van der Waals surface area (Å²) in [6.45, 7) is 2.32. The van der Waals surface area contributed by atoms with Gasteiger partial charge in [-0.15, -0.1) is 11.3 Å². The standard InChI is InChI=1S/C25H27N5O2S/c31-24(28-13-19-10-17-11-26-14-21(17)33-19)20-9-8-18-12-27-23(25(32)30(18)20)29-22(16-6-7-16)15-4-2-1-3-5-15/h1-5,10,12,16,20,22,26H,6-9,11,13-14H2,(H,27,29)(H,28,31)/t20-,22-/m0/s1. The topological polar surface area (TPSA) is 88.1 Å². The van der Waals surface area contributed by atoms with Crippen LogP contribution in [-0.4, -0.2) is 15.5 Å². The van der Waals surface area contributed by atoms with E-state index in [-0.39, 0.29) is 17.5 Å². The van der Waals surface area contributed by atoms with E-state index in [4.69, 9.17) is 0 Å². The fraction of sp³-hybridized carbons (Fsp3) is 0.400. The lowest BCUT2D eigenvalue weighted by molar-refractivity contribution is -0.124. The molecule has 2 aromatic heterocycles. The third-order valence-electron chi connectivity index (χ3n) is 6.89. The molecule has 1 aliphatic carbocycles. The van der Waals surface area contributed by atoms with Crippen LogP contribution in [0.25, 0.3) is 0 Å². The summed E-state index contributed by atoms with van der Waals surface area (Å²) >= 11 is 1.75. The van der Waals surface area contributed by atoms with Gasteiger partial charge in [0.2, 0.25) is 5.91 Å². The molecule has 7 nitrogen and oxygen atoms in total. The first kappa shape index (κ1) is 20.6. The summed E-state index contributed by atoms with van der Waals surface area (Å²) in [6.07, 6.45) is 5.35. The van der Waals surface area contributed by atoms with E-state index in [0.29, 0.717) is 31.1 Å². The van der Waals surface area contributed by atoms with E-state index in [2.05, 4.69) is 39.1 Å². The number of thiophene rings is 1. The zero-order valence-corrected chi connectivity index (χ0v) is 19.2. The van der Waals surface area contributed by atoms with Crippen molar-refractivity contribution in [1.82, 2.24) is 20.2 Å². The fourth-order valence-electron chi connectivity index (χ4n) is 5.02. The lowest BCUT2D eigenvalue weighted by Crippen LogP contribution is -2.36. The van der Waals surface area contributed by atoms with E-state index in [0.717, 1.165) is 36.5 Å². The van der Waals surface area contributed by atoms with Crippen LogP contribution in [0.1, 0.15) is 57.9 Å². The number of aromatic nitrogens is 2. The second-order valence-electron chi connectivity index (χ2n) is 9.18. The molecule has 1 amide bonds. The minimum absolute atomic E-state index is 0.0639. The second kappa shape index (κ2) is 8.43. The number of anilines is 1. The molecule has 3 aromatic rings. The number of aryl methyl sites for hydroxylation is 1. The van der Waals surface area contributed by atoms with Crippen LogP contribution in [0.3, 0.4) is 0 Å². The average Bonchev–Trinajstić information content (AvgIpc) is 3.24. The molecule has 1 saturated carbocycles. The molecule has 3 aliphatic rings. The first-order chi connectivity index (χ1) is 16.2. The minimum atomic E-state index is -0.486. The molecule has 6 rings (SSSR count). The van der Waals surface area contributed by atoms with Crippen molar-refractivity contribution in [1.29, 1.82) is 0 Å². The lowest BCUT2D eigenvalue weighted by atomic mass is 10.0. The highest BCUT2D eigenvalue weighted by atomic mass is 32.1. The molecule has 2 aliphatic heterocycles. The first-order valence-corrected chi connectivity index (χ1v) is 12.5. The Bertz CT molecular complexity index is 1230. The van der Waals surface area contributed by atoms with Crippen LogP contribution in [0.5, 0.6) is 0 Å². The molecule has 0 bridgehead atoms. The Hall–Kier alpha value is -2.97. The van der Waals surface area contributed by atoms with Gasteiger partial charge in [-0.25, -0.2) is 4.98 Å². The zero-order chi connectivity index (χ0) is 22.4. The Kier molecular flexibility index (Phi) is 5.27. The van der Waals surface area contributed by atoms with Crippen LogP contribution >= 0.6 is 11.3 Å². The van der Waals surface area contributed by atoms with Crippen LogP contribution in [0.2, 0.25) is 0 Å². The second-order valence-corrected chi connectivity index (χ2v) is 10.4. The summed E-state index contributed by atoms with van der Waals surface area (Å²) in [6, 6.07) is 12.0. The quantitative estimate of drug-likeness (QED) is 0.503. The van der Waals surface area contributed by atoms with E-state index < -0.39 is 6.04 Å². The number of nitrogens with one attached hydrogen (secondary N) is 3. The molecule has 170 valence electrons. The van der Waals surface area contributed by atoms with Crippen molar-refractivity contribution >= 4 is 23.1 Å². The van der Waals surface area contributed by atoms with Gasteiger partial charge < -0.3 is 16.0 Å². The van der Waals surface area contributed by atoms with Crippen LogP contribution < -0.4 is 21.5 Å². The van der Waals surface area contributed by atoms with Gasteiger partial charge in [0, 0.05) is 34.7 Å². The number of carbonyl (C=O) groups excluding carboxylic acids is 1. The van der Waals surface area contributed by atoms with Crippen molar-refractivity contribution in [3.8, 4) is 0 Å². The number of carbonyl (C=O) groups is 1. The Balaban J connectivity index is 1.20. The molecular weight excluding hydrogens is 434 g/mol. The molecule has 2 atom stereocenters. The van der Waals surface area contributed by atoms with Crippen LogP contribution in [0.15, 0.2) is 47.4 Å². The van der Waals surface area contributed by atoms with Gasteiger partial charge in [-0.05, 0) is 48.8 Å². The monoisotopic (exact) mass is 461 g/mol. The molecular formula is C25H27N5O2S. The summed E-state index contributed by atoms with van der Waals surface area (Å²) in [5.74, 6) is 0.747. The molecule has 0 unspecified atom stereocenters. The van der Waals surface area contributed by atoms with Gasteiger partial charge in [0.1, 0.15) is 6.04 Å². The molecule has 33 heavy (non-hydrogen) atoms. The highest BCUT2D eigenvalue weighted by Crippen LogP contribution is 2.42. The van der Waals surface area contributed by atoms with Gasteiger partial charge >= 0.3 is 0 Å². The van der Waals surface area contributed by atoms with E-state index in [9.17, 15) is 9.59 Å². The molecule has 0 radical (unpaired) electrons. The molecule has 3 N–H and O–H groups in total. The van der Waals surface area contributed by atoms with E-state index >= 15 is 0 Å². The maximum Gasteiger partial charge on any atom is 0.294 e. The summed E-state index contributed by atoms with van der Waals surface area (Å²) in [5, 5.41) is 9.81. The molecule has 1 fully saturated rings. The molecule has 0 saturated heterocycles. The SMILES string of the molecule is O=C(NCc1cc2c(s1)CNC2)[C@@H]1CCc2cnc(N[C@@H](c3ccccc3)C3CC3)c(=O)n21. The van der Waals surface area contributed by atoms with E-state index in [1.807, 2.05) is 18.2 Å². The summed E-state index contributed by atoms with van der Waals surface area (Å²) in [5.41, 5.74) is 3.12. The molecule has 8 heteroatoms. The highest BCUT2D eigenvalue weighted by Gasteiger charge is 2.35. The number of amides is 1. The van der Waals surface area contributed by atoms with Gasteiger partial charge in [0.15, 0.2) is 5.82 Å². The first-order valence-electron chi connectivity index (χ1n) is 11.7.